The van der Waals surface area contributed by atoms with Crippen LogP contribution >= 0.6 is 82.3 Å². The van der Waals surface area contributed by atoms with Gasteiger partial charge in [0.05, 0.1) is 115 Å². The van der Waals surface area contributed by atoms with Gasteiger partial charge in [0.15, 0.2) is 0 Å². The predicted molar refractivity (Wildman–Crippen MR) is 465 cm³/mol. The van der Waals surface area contributed by atoms with Crippen LogP contribution in [0.15, 0.2) is 226 Å². The molecule has 1 saturated heterocycles. The number of methoxy groups -OCH3 is 7. The van der Waals surface area contributed by atoms with Gasteiger partial charge in [-0.2, -0.15) is 4.39 Å². The number of carbonyl (C=O) groups excluding carboxylic acids is 8. The molecule has 32 nitrogen and oxygen atoms in total. The summed E-state index contributed by atoms with van der Waals surface area (Å²) in [6.07, 6.45) is 2.56. The van der Waals surface area contributed by atoms with Crippen LogP contribution in [0.1, 0.15) is 118 Å². The summed E-state index contributed by atoms with van der Waals surface area (Å²) in [5.41, 5.74) is 10.2. The van der Waals surface area contributed by atoms with E-state index >= 15 is 0 Å². The second-order valence-corrected chi connectivity index (χ2v) is 28.2. The third-order valence-corrected chi connectivity index (χ3v) is 20.6. The van der Waals surface area contributed by atoms with E-state index in [1.54, 1.807) is 109 Å². The topological polar surface area (TPSA) is 517 Å². The number of fused-ring (bicyclic) bond motifs is 2. The Morgan fingerprint density at radius 1 is 0.453 bits per heavy atom. The smallest absolute Gasteiger partial charge is 0.870 e. The monoisotopic (exact) mass is 1980 g/mol. The molecule has 1 amide bonds. The Morgan fingerprint density at radius 3 is 1.16 bits per heavy atom. The number of benzene rings is 10. The molecule has 10 aromatic carbocycles. The predicted octanol–water partition coefficient (Wildman–Crippen LogP) is 13.8. The van der Waals surface area contributed by atoms with Gasteiger partial charge in [0.25, 0.3) is 11.6 Å². The average molecular weight is 1990 g/mol. The van der Waals surface area contributed by atoms with Crippen molar-refractivity contribution >= 4 is 170 Å². The molecular formula is C83H77F6ILiN5O27S5. The fourth-order valence-corrected chi connectivity index (χ4v) is 14.1. The van der Waals surface area contributed by atoms with Crippen molar-refractivity contribution in [3.05, 3.63) is 293 Å². The molecule has 2 aliphatic rings. The molecule has 0 spiro atoms. The Labute approximate surface area is 774 Å². The zero-order valence-corrected chi connectivity index (χ0v) is 74.7. The van der Waals surface area contributed by atoms with E-state index in [0.29, 0.717) is 78.1 Å². The van der Waals surface area contributed by atoms with Crippen LogP contribution in [-0.4, -0.2) is 171 Å². The molecule has 2 heterocycles. The van der Waals surface area contributed by atoms with Gasteiger partial charge < -0.3 is 81.0 Å². The molecule has 128 heavy (non-hydrogen) atoms. The van der Waals surface area contributed by atoms with E-state index in [9.17, 15) is 94.5 Å². The molecule has 676 valence electrons. The number of nitrogen functional groups attached to an aromatic ring is 2. The first kappa shape index (κ1) is 112. The number of carbonyl (C=O) groups is 10. The normalized spacial score (nSPS) is 10.7. The van der Waals surface area contributed by atoms with E-state index < -0.39 is 126 Å². The minimum absolute atomic E-state index is 0. The summed E-state index contributed by atoms with van der Waals surface area (Å²) in [6, 6.07) is 42.7. The average Bonchev–Trinajstić information content (AvgIpc) is 1.78. The van der Waals surface area contributed by atoms with E-state index in [1.165, 1.54) is 65.2 Å². The quantitative estimate of drug-likeness (QED) is 0.00425. The summed E-state index contributed by atoms with van der Waals surface area (Å²) in [7, 11) is 9.29. The van der Waals surface area contributed by atoms with Crippen LogP contribution in [0.4, 0.5) is 54.8 Å². The Bertz CT molecular complexity index is 5640. The molecule has 0 radical (unpaired) electrons. The Balaban J connectivity index is 0.000000762. The molecule has 10 aromatic rings. The summed E-state index contributed by atoms with van der Waals surface area (Å²) >= 11 is 10.3. The third kappa shape index (κ3) is 32.9. The fraction of sp³-hybridized carbons (Fsp3) is 0.157. The van der Waals surface area contributed by atoms with Gasteiger partial charge >= 0.3 is 78.3 Å². The van der Waals surface area contributed by atoms with Crippen molar-refractivity contribution < 1.29 is 169 Å². The summed E-state index contributed by atoms with van der Waals surface area (Å²) in [5.74, 6) is -14.0. The van der Waals surface area contributed by atoms with Gasteiger partial charge in [0, 0.05) is 90.4 Å². The van der Waals surface area contributed by atoms with Crippen molar-refractivity contribution in [1.29, 1.82) is 0 Å². The number of nitro groups is 2. The molecule has 12 rings (SSSR count). The molecule has 0 aliphatic carbocycles. The molecule has 1 fully saturated rings. The Kier molecular flexibility index (Phi) is 50.2. The standard InChI is InChI=1S/C16H12FNO6S.C16H14FNO4S.C15H12FNO4S.C14H8FNO3S.C8H5F2NO4.C8H8O2S.C4H8O.CH3I.CH4O.Li.2H2O/c1-23-15(19)9-5-3-4-6-13(9)25-14-8-11(17)10(16(20)24-2)7-12(14)18(21)22;1-21-15(19)9-5-3-4-6-13(9)23-14-8-11(17)10(7-12(14)18)16(20)22-2;1-21-15(20)8-4-2-3-5-12(8)22-13-7-10(16)9(14(18)19)6-11(13)17;15-9-6-12-10(5-8(9)14(18)19)16-13(17)7-3-1-2-4-11(7)20-12;1-15-8(12)4-2-7(11(13)14)6(10)3-5(4)9;1-10-8(9)6-4-2-3-5-7(6)11;1-2-4-5-3-1;2*1-2;;;/h3-8H,1-2H3;3-8H,18H2,1-2H3;2-7H,17H2,1H3,(H,18,19);1-6H,(H,16,17)(H,18,19);2-3H,1H3;2-5,11H,1H3;1-4H2;1H3;2H,1H3;;2*1H2/q;;;;;;;;;+1;;/p-1/i;;;;;;;1D;;;;. The molecule has 0 saturated carbocycles. The van der Waals surface area contributed by atoms with Gasteiger partial charge in [-0.25, -0.2) is 65.1 Å². The number of thiol groups is 1. The van der Waals surface area contributed by atoms with Crippen LogP contribution in [0, 0.1) is 55.1 Å². The number of nitrogens with one attached hydrogen (secondary N) is 1. The van der Waals surface area contributed by atoms with E-state index in [0.717, 1.165) is 119 Å². The van der Waals surface area contributed by atoms with E-state index in [4.69, 9.17) is 37.6 Å². The number of esters is 7. The van der Waals surface area contributed by atoms with Gasteiger partial charge in [0.1, 0.15) is 40.2 Å². The number of ether oxygens (including phenoxy) is 8. The Morgan fingerprint density at radius 2 is 0.766 bits per heavy atom. The van der Waals surface area contributed by atoms with E-state index in [-0.39, 0.29) is 75.2 Å². The van der Waals surface area contributed by atoms with E-state index in [1.807, 2.05) is 28.7 Å². The SMILES string of the molecule is C1CCOC1.CO.COC(=O)c1cc(N)c(Sc2ccccc2C(=O)OC)cc1F.COC(=O)c1cc([N+](=O)[O-])c(F)cc1F.COC(=O)c1cc([N+](=O)[O-])c(Sc2ccccc2C(=O)OC)cc1F.COC(=O)c1ccccc1S.COC(=O)c1ccccc1Sc1cc(F)c(C(=O)O)cc1N.O.O=C(O)c1cc2c(cc1F)Sc1ccccc1C(=O)N2.[2H]CI.[Li+].[OH-]. The molecule has 0 bridgehead atoms. The largest absolute Gasteiger partial charge is 1.00 e. The number of hydrogen-bond acceptors (Lipinski definition) is 31. The number of hydrogen-bond donors (Lipinski definition) is 7. The molecule has 2 aliphatic heterocycles. The maximum atomic E-state index is 14.1. The number of amides is 1. The minimum Gasteiger partial charge on any atom is -0.870 e. The molecule has 11 N–H and O–H groups in total. The minimum atomic E-state index is -1.39. The first-order chi connectivity index (χ1) is 60.0. The van der Waals surface area contributed by atoms with Crippen molar-refractivity contribution in [1.82, 2.24) is 0 Å². The number of carboxylic acids is 2. The Hall–Kier alpha value is -12.2. The van der Waals surface area contributed by atoms with Gasteiger partial charge in [-0.15, -0.1) is 12.6 Å². The van der Waals surface area contributed by atoms with Crippen molar-refractivity contribution in [3.63, 3.8) is 0 Å². The number of anilines is 3. The van der Waals surface area contributed by atoms with Crippen LogP contribution in [-0.2, 0) is 37.9 Å². The van der Waals surface area contributed by atoms with Crippen LogP contribution in [0.3, 0.4) is 0 Å². The van der Waals surface area contributed by atoms with Crippen LogP contribution in [0.2, 0.25) is 0 Å². The number of rotatable bonds is 17. The van der Waals surface area contributed by atoms with Crippen LogP contribution in [0.25, 0.3) is 0 Å². The molecule has 0 aromatic heterocycles. The number of nitro benzene ring substituents is 2. The zero-order valence-electron chi connectivity index (χ0n) is 69.4. The number of halogens is 7. The fourth-order valence-electron chi connectivity index (χ4n) is 9.81. The number of nitrogens with zero attached hydrogens (tertiary/aromatic N) is 2. The first-order valence-electron chi connectivity index (χ1n) is 35.4. The molecule has 0 unspecified atom stereocenters. The van der Waals surface area contributed by atoms with Crippen molar-refractivity contribution in [2.75, 3.05) is 91.8 Å². The summed E-state index contributed by atoms with van der Waals surface area (Å²) < 4.78 is 124. The summed E-state index contributed by atoms with van der Waals surface area (Å²) in [6.45, 7) is 2.00. The number of aliphatic hydroxyl groups is 1. The van der Waals surface area contributed by atoms with Crippen molar-refractivity contribution in [2.45, 2.75) is 56.9 Å². The van der Waals surface area contributed by atoms with Crippen molar-refractivity contribution in [2.24, 2.45) is 0 Å². The molecule has 0 atom stereocenters. The number of alkyl halides is 1. The molecular weight excluding hydrogens is 1910 g/mol. The second kappa shape index (κ2) is 57.5. The summed E-state index contributed by atoms with van der Waals surface area (Å²) in [4.78, 5) is 138. The third-order valence-electron chi connectivity index (χ3n) is 15.7. The van der Waals surface area contributed by atoms with Gasteiger partial charge in [-0.1, -0.05) is 130 Å². The van der Waals surface area contributed by atoms with Crippen molar-refractivity contribution in [3.8, 4) is 0 Å². The van der Waals surface area contributed by atoms with Crippen LogP contribution < -0.4 is 35.6 Å². The first-order valence-corrected chi connectivity index (χ1v) is 40.0. The number of aliphatic hydroxyl groups excluding tert-OH is 1. The van der Waals surface area contributed by atoms with E-state index in [2.05, 4.69) is 46.4 Å². The maximum absolute atomic E-state index is 14.1. The number of aromatic carboxylic acids is 2. The molecule has 45 heteroatoms. The second-order valence-electron chi connectivity index (χ2n) is 23.4. The van der Waals surface area contributed by atoms with Gasteiger partial charge in [0.2, 0.25) is 5.82 Å². The maximum Gasteiger partial charge on any atom is 1.00 e. The summed E-state index contributed by atoms with van der Waals surface area (Å²) in [5, 5.41) is 49.0. The zero-order chi connectivity index (χ0) is 94.2. The van der Waals surface area contributed by atoms with Crippen LogP contribution in [0.5, 0.6) is 0 Å². The number of carboxylic acid groups (broad SMARTS) is 2. The number of nitrogens with two attached hydrogens (primary N) is 2. The van der Waals surface area contributed by atoms with Gasteiger partial charge in [-0.3, -0.25) is 25.0 Å². The van der Waals surface area contributed by atoms with Gasteiger partial charge in [-0.05, 0) is 121 Å².